The van der Waals surface area contributed by atoms with Gasteiger partial charge >= 0.3 is 20.4 Å². The van der Waals surface area contributed by atoms with Crippen molar-refractivity contribution in [3.05, 3.63) is 189 Å². The molecule has 7 rings (SSSR count). The van der Waals surface area contributed by atoms with Crippen molar-refractivity contribution in [3.63, 3.8) is 0 Å². The Morgan fingerprint density at radius 2 is 0.771 bits per heavy atom. The number of likely N-dealkylation sites (tertiary alicyclic amines) is 1. The van der Waals surface area contributed by atoms with Gasteiger partial charge in [0.1, 0.15) is 0 Å². The summed E-state index contributed by atoms with van der Waals surface area (Å²) in [6.45, 7) is 3.50. The Morgan fingerprint density at radius 3 is 1.00 bits per heavy atom. The van der Waals surface area contributed by atoms with Crippen molar-refractivity contribution in [1.29, 1.82) is 0 Å². The molecule has 0 unspecified atom stereocenters. The van der Waals surface area contributed by atoms with Crippen molar-refractivity contribution < 1.29 is 20.4 Å². The van der Waals surface area contributed by atoms with Crippen LogP contribution >= 0.6 is 15.8 Å². The molecule has 1 fully saturated rings. The Bertz CT molecular complexity index is 1530. The van der Waals surface area contributed by atoms with Gasteiger partial charge in [0.2, 0.25) is 0 Å². The van der Waals surface area contributed by atoms with E-state index in [2.05, 4.69) is 200 Å². The molecule has 0 amide bonds. The molecular weight excluding hydrogens is 710 g/mol. The second-order valence-corrected chi connectivity index (χ2v) is 16.9. The fourth-order valence-corrected chi connectivity index (χ4v) is 13.0. The molecule has 0 bridgehead atoms. The summed E-state index contributed by atoms with van der Waals surface area (Å²) in [5, 5.41) is 5.76. The number of benzene rings is 6. The van der Waals surface area contributed by atoms with E-state index in [-0.39, 0.29) is 20.4 Å². The van der Waals surface area contributed by atoms with Crippen molar-refractivity contribution in [2.45, 2.75) is 12.8 Å². The van der Waals surface area contributed by atoms with Crippen LogP contribution in [0.5, 0.6) is 0 Å². The predicted molar refractivity (Wildman–Crippen MR) is 212 cm³/mol. The van der Waals surface area contributed by atoms with Crippen molar-refractivity contribution in [2.75, 3.05) is 25.7 Å². The first-order valence-electron chi connectivity index (χ1n) is 16.8. The van der Waals surface area contributed by atoms with E-state index in [1.54, 1.807) is 0 Å². The Kier molecular flexibility index (Phi) is 14.0. The van der Waals surface area contributed by atoms with Crippen molar-refractivity contribution in [3.8, 4) is 0 Å². The number of hydrogen-bond donors (Lipinski definition) is 0. The average molecular weight is 754 g/mol. The molecular formula is C43H44BNP2Pd. The molecule has 6 aromatic rings. The monoisotopic (exact) mass is 753 g/mol. The van der Waals surface area contributed by atoms with Gasteiger partial charge in [0.15, 0.2) is 0 Å². The van der Waals surface area contributed by atoms with Gasteiger partial charge < -0.3 is 4.90 Å². The van der Waals surface area contributed by atoms with E-state index in [0.717, 1.165) is 12.1 Å². The maximum atomic E-state index is 2.39. The average Bonchev–Trinajstić information content (AvgIpc) is 3.65. The molecule has 1 aliphatic rings. The van der Waals surface area contributed by atoms with Gasteiger partial charge in [-0.25, -0.2) is 10.9 Å². The summed E-state index contributed by atoms with van der Waals surface area (Å²) in [4.78, 5) is 2.24. The third kappa shape index (κ3) is 9.30. The van der Waals surface area contributed by atoms with Gasteiger partial charge in [-0.1, -0.05) is 204 Å². The molecule has 0 N–H and O–H groups in total. The van der Waals surface area contributed by atoms with Crippen LogP contribution in [0, 0.1) is 6.54 Å². The van der Waals surface area contributed by atoms with Crippen LogP contribution in [0.4, 0.5) is 0 Å². The largest absolute Gasteiger partial charge is 2.00 e. The van der Waals surface area contributed by atoms with Crippen molar-refractivity contribution in [2.24, 2.45) is 0 Å². The van der Waals surface area contributed by atoms with Gasteiger partial charge in [-0.3, -0.25) is 6.54 Å². The van der Waals surface area contributed by atoms with Gasteiger partial charge in [-0.15, -0.1) is 12.1 Å². The van der Waals surface area contributed by atoms with Crippen LogP contribution in [0.3, 0.4) is 0 Å². The molecule has 1 heterocycles. The molecule has 0 atom stereocenters. The Morgan fingerprint density at radius 1 is 0.479 bits per heavy atom. The van der Waals surface area contributed by atoms with E-state index in [4.69, 9.17) is 0 Å². The van der Waals surface area contributed by atoms with Crippen molar-refractivity contribution >= 4 is 54.1 Å². The third-order valence-electron chi connectivity index (χ3n) is 9.29. The van der Waals surface area contributed by atoms with Crippen molar-refractivity contribution in [1.82, 2.24) is 4.90 Å². The predicted octanol–water partition coefficient (Wildman–Crippen LogP) is 7.47. The molecule has 1 saturated heterocycles. The molecule has 0 saturated carbocycles. The molecule has 5 heteroatoms. The maximum Gasteiger partial charge on any atom is 2.00 e. The summed E-state index contributed by atoms with van der Waals surface area (Å²) in [6, 6.07) is 69.9. The fourth-order valence-electron chi connectivity index (χ4n) is 6.83. The van der Waals surface area contributed by atoms with E-state index in [1.165, 1.54) is 51.5 Å². The van der Waals surface area contributed by atoms with E-state index < -0.39 is 22.0 Å². The zero-order chi connectivity index (χ0) is 32.2. The van der Waals surface area contributed by atoms with Crippen LogP contribution in [0.15, 0.2) is 182 Å². The topological polar surface area (TPSA) is 3.24 Å². The van der Waals surface area contributed by atoms with Crippen LogP contribution in [-0.2, 0) is 20.4 Å². The standard InChI is InChI=1S/C38H34BP2.C5H10N.Pd/c1-7-19-33(20-8-1)39(34-21-9-2-10-22-34,31-40(35-23-11-3-12-24-35)36-25-13-4-14-26-36)32-41(37-27-15-5-16-28-37)38-29-17-6-18-30-38;1-6-4-2-3-5-6;/h1-30H,31-32H2;4H,2-3,5H2,1H3;/q2*-1;+2. The van der Waals surface area contributed by atoms with Gasteiger partial charge in [0.25, 0.3) is 0 Å². The molecule has 1 aliphatic heterocycles. The third-order valence-corrected chi connectivity index (χ3v) is 15.0. The number of nitrogens with zero attached hydrogens (tertiary/aromatic N) is 1. The Labute approximate surface area is 304 Å². The van der Waals surface area contributed by atoms with E-state index in [1.807, 2.05) is 0 Å². The summed E-state index contributed by atoms with van der Waals surface area (Å²) < 4.78 is 0. The normalized spacial score (nSPS) is 13.1. The van der Waals surface area contributed by atoms with Gasteiger partial charge in [0.05, 0.1) is 6.15 Å². The molecule has 244 valence electrons. The first-order valence-corrected chi connectivity index (χ1v) is 19.9. The minimum Gasteiger partial charge on any atom is -0.459 e. The zero-order valence-corrected chi connectivity index (χ0v) is 31.0. The minimum absolute atomic E-state index is 0. The van der Waals surface area contributed by atoms with Gasteiger partial charge in [-0.05, 0) is 34.8 Å². The molecule has 0 aromatic heterocycles. The summed E-state index contributed by atoms with van der Waals surface area (Å²) in [7, 11) is 0.885. The summed E-state index contributed by atoms with van der Waals surface area (Å²) in [5.41, 5.74) is 2.91. The fraction of sp³-hybridized carbons (Fsp3) is 0.140. The van der Waals surface area contributed by atoms with Crippen LogP contribution in [0.25, 0.3) is 0 Å². The first-order chi connectivity index (χ1) is 23.2. The first kappa shape index (κ1) is 36.2. The van der Waals surface area contributed by atoms with Crippen LogP contribution in [-0.4, -0.2) is 36.8 Å². The summed E-state index contributed by atoms with van der Waals surface area (Å²) in [6.07, 6.45) is 1.48. The second-order valence-electron chi connectivity index (χ2n) is 12.4. The molecule has 0 radical (unpaired) electrons. The van der Waals surface area contributed by atoms with Crippen LogP contribution < -0.4 is 32.1 Å². The zero-order valence-electron chi connectivity index (χ0n) is 27.7. The molecule has 0 spiro atoms. The van der Waals surface area contributed by atoms with Crippen LogP contribution in [0.2, 0.25) is 0 Å². The van der Waals surface area contributed by atoms with Gasteiger partial charge in [-0.2, -0.15) is 6.42 Å². The second kappa shape index (κ2) is 18.6. The van der Waals surface area contributed by atoms with Crippen LogP contribution in [0.1, 0.15) is 12.8 Å². The molecule has 0 aliphatic carbocycles. The Hall–Kier alpha value is -3.13. The van der Waals surface area contributed by atoms with E-state index in [0.29, 0.717) is 0 Å². The Balaban J connectivity index is 0.000000582. The minimum atomic E-state index is -1.16. The molecule has 1 nitrogen and oxygen atoms in total. The number of hydrogen-bond acceptors (Lipinski definition) is 1. The van der Waals surface area contributed by atoms with E-state index >= 15 is 0 Å². The molecule has 48 heavy (non-hydrogen) atoms. The van der Waals surface area contributed by atoms with Gasteiger partial charge in [0, 0.05) is 0 Å². The smallest absolute Gasteiger partial charge is 0.459 e. The number of rotatable bonds is 10. The SMILES string of the molecule is CN1[CH-]CCC1.[Pd+2].c1ccc(P(C[B-](CP(c2ccccc2)c2ccccc2)(c2ccccc2)c2ccccc2)c2ccccc2)cc1. The van der Waals surface area contributed by atoms with E-state index in [9.17, 15) is 0 Å². The summed E-state index contributed by atoms with van der Waals surface area (Å²) in [5.74, 6) is 0. The quantitative estimate of drug-likeness (QED) is 0.0798. The maximum absolute atomic E-state index is 2.39. The summed E-state index contributed by atoms with van der Waals surface area (Å²) >= 11 is 0. The molecule has 6 aromatic carbocycles.